The zero-order valence-corrected chi connectivity index (χ0v) is 10.1. The van der Waals surface area contributed by atoms with Crippen molar-refractivity contribution < 1.29 is 14.2 Å². The number of halogens is 1. The van der Waals surface area contributed by atoms with Crippen LogP contribution in [-0.2, 0) is 6.54 Å². The number of ether oxygens (including phenoxy) is 1. The molecule has 1 N–H and O–H groups in total. The van der Waals surface area contributed by atoms with Crippen LogP contribution in [0.4, 0.5) is 10.1 Å². The molecule has 2 aromatic rings. The second-order valence-electron chi connectivity index (χ2n) is 4.36. The number of nitrogens with zero attached hydrogens (tertiary/aromatic N) is 1. The van der Waals surface area contributed by atoms with Gasteiger partial charge in [0.15, 0.2) is 11.6 Å². The van der Waals surface area contributed by atoms with Crippen LogP contribution in [0.15, 0.2) is 54.9 Å². The maximum absolute atomic E-state index is 13.3. The maximum Gasteiger partial charge on any atom is 0.193 e. The van der Waals surface area contributed by atoms with Gasteiger partial charge in [-0.05, 0) is 36.4 Å². The normalized spacial score (nSPS) is 13.3. The first kappa shape index (κ1) is 11.6. The third-order valence-corrected chi connectivity index (χ3v) is 2.99. The molecule has 0 atom stereocenters. The average molecular weight is 257 g/mol. The Morgan fingerprint density at radius 2 is 2.05 bits per heavy atom. The average Bonchev–Trinajstić information content (AvgIpc) is 2.66. The first-order valence-corrected chi connectivity index (χ1v) is 5.85. The molecule has 0 amide bonds. The van der Waals surface area contributed by atoms with Crippen molar-refractivity contribution >= 4 is 5.69 Å². The van der Waals surface area contributed by atoms with Crippen LogP contribution in [0.2, 0.25) is 0 Å². The number of phenols is 1. The van der Waals surface area contributed by atoms with E-state index in [1.165, 1.54) is 12.1 Å². The third-order valence-electron chi connectivity index (χ3n) is 2.99. The third kappa shape index (κ3) is 2.12. The molecule has 0 fully saturated rings. The van der Waals surface area contributed by atoms with Crippen LogP contribution >= 0.6 is 0 Å². The van der Waals surface area contributed by atoms with Gasteiger partial charge < -0.3 is 14.7 Å². The van der Waals surface area contributed by atoms with E-state index in [9.17, 15) is 9.50 Å². The molecule has 0 spiro atoms. The fourth-order valence-electron chi connectivity index (χ4n) is 2.11. The van der Waals surface area contributed by atoms with Gasteiger partial charge in [-0.3, -0.25) is 0 Å². The van der Waals surface area contributed by atoms with Crippen molar-refractivity contribution in [2.24, 2.45) is 0 Å². The van der Waals surface area contributed by atoms with Crippen molar-refractivity contribution in [3.05, 3.63) is 66.3 Å². The number of fused-ring (bicyclic) bond motifs is 1. The van der Waals surface area contributed by atoms with Gasteiger partial charge in [-0.15, -0.1) is 0 Å². The fraction of sp³-hybridized carbons (Fsp3) is 0.0667. The van der Waals surface area contributed by atoms with Gasteiger partial charge in [0.25, 0.3) is 0 Å². The lowest BCUT2D eigenvalue weighted by Gasteiger charge is -2.17. The highest BCUT2D eigenvalue weighted by Crippen LogP contribution is 2.39. The molecule has 0 bridgehead atoms. The molecule has 1 heterocycles. The summed E-state index contributed by atoms with van der Waals surface area (Å²) in [5.41, 5.74) is 1.54. The number of aromatic hydroxyl groups is 1. The van der Waals surface area contributed by atoms with Crippen molar-refractivity contribution in [1.82, 2.24) is 0 Å². The smallest absolute Gasteiger partial charge is 0.193 e. The van der Waals surface area contributed by atoms with Crippen molar-refractivity contribution in [3.63, 3.8) is 0 Å². The highest BCUT2D eigenvalue weighted by Gasteiger charge is 2.25. The molecule has 19 heavy (non-hydrogen) atoms. The van der Waals surface area contributed by atoms with E-state index in [0.29, 0.717) is 23.9 Å². The molecule has 96 valence electrons. The first-order chi connectivity index (χ1) is 9.13. The Morgan fingerprint density at radius 3 is 2.84 bits per heavy atom. The second kappa shape index (κ2) is 4.31. The lowest BCUT2D eigenvalue weighted by Crippen LogP contribution is -2.18. The summed E-state index contributed by atoms with van der Waals surface area (Å²) >= 11 is 0. The highest BCUT2D eigenvalue weighted by atomic mass is 19.1. The second-order valence-corrected chi connectivity index (χ2v) is 4.36. The Balaban J connectivity index is 1.94. The quantitative estimate of drug-likeness (QED) is 0.895. The molecule has 0 saturated heterocycles. The van der Waals surface area contributed by atoms with Gasteiger partial charge in [0.1, 0.15) is 11.6 Å². The van der Waals surface area contributed by atoms with Crippen LogP contribution in [0.5, 0.6) is 11.5 Å². The Hall–Kier alpha value is -2.49. The molecule has 3 rings (SSSR count). The Kier molecular flexibility index (Phi) is 2.63. The van der Waals surface area contributed by atoms with Gasteiger partial charge in [-0.2, -0.15) is 0 Å². The minimum absolute atomic E-state index is 0.197. The molecular formula is C15H12FNO2. The zero-order chi connectivity index (χ0) is 13.4. The molecule has 1 aliphatic rings. The van der Waals surface area contributed by atoms with Crippen LogP contribution < -0.4 is 9.64 Å². The monoisotopic (exact) mass is 257 g/mol. The van der Waals surface area contributed by atoms with E-state index in [0.717, 1.165) is 5.56 Å². The van der Waals surface area contributed by atoms with E-state index in [1.807, 2.05) is 6.07 Å². The van der Waals surface area contributed by atoms with Gasteiger partial charge in [0.2, 0.25) is 0 Å². The molecule has 0 radical (unpaired) electrons. The van der Waals surface area contributed by atoms with E-state index in [1.54, 1.807) is 29.2 Å². The van der Waals surface area contributed by atoms with Gasteiger partial charge >= 0.3 is 0 Å². The minimum atomic E-state index is -0.321. The molecule has 0 aromatic heterocycles. The molecule has 0 unspecified atom stereocenters. The Bertz CT molecular complexity index is 654. The topological polar surface area (TPSA) is 32.7 Å². The highest BCUT2D eigenvalue weighted by molar-refractivity contribution is 5.66. The number of rotatable bonds is 2. The fourth-order valence-corrected chi connectivity index (χ4v) is 2.11. The van der Waals surface area contributed by atoms with Crippen LogP contribution in [0.3, 0.4) is 0 Å². The summed E-state index contributed by atoms with van der Waals surface area (Å²) in [6, 6.07) is 11.2. The van der Waals surface area contributed by atoms with Crippen molar-refractivity contribution in [3.8, 4) is 11.5 Å². The Labute approximate surface area is 110 Å². The number of benzene rings is 2. The number of anilines is 1. The lowest BCUT2D eigenvalue weighted by molar-refractivity contribution is 0.439. The summed E-state index contributed by atoms with van der Waals surface area (Å²) in [5.74, 6) is 0.913. The summed E-state index contributed by atoms with van der Waals surface area (Å²) in [4.78, 5) is 1.77. The largest absolute Gasteiger partial charge is 0.508 e. The predicted molar refractivity (Wildman–Crippen MR) is 70.5 cm³/mol. The predicted octanol–water partition coefficient (Wildman–Crippen LogP) is 3.40. The van der Waals surface area contributed by atoms with Crippen molar-refractivity contribution in [2.45, 2.75) is 6.54 Å². The summed E-state index contributed by atoms with van der Waals surface area (Å²) in [6.07, 6.45) is 0. The van der Waals surface area contributed by atoms with Gasteiger partial charge in [-0.25, -0.2) is 4.39 Å². The standard InChI is InChI=1S/C15H12FNO2/c1-10-17(9-11-3-2-4-13(18)7-11)14-8-12(16)5-6-15(14)19-10/h2-8,18H,1,9H2. The Morgan fingerprint density at radius 1 is 1.21 bits per heavy atom. The zero-order valence-electron chi connectivity index (χ0n) is 10.1. The van der Waals surface area contributed by atoms with Gasteiger partial charge in [0, 0.05) is 6.07 Å². The summed E-state index contributed by atoms with van der Waals surface area (Å²) in [6.45, 7) is 4.28. The molecule has 0 saturated carbocycles. The van der Waals surface area contributed by atoms with Crippen LogP contribution in [0.1, 0.15) is 5.56 Å². The molecule has 4 heteroatoms. The first-order valence-electron chi connectivity index (χ1n) is 5.85. The number of hydrogen-bond acceptors (Lipinski definition) is 3. The SMILES string of the molecule is C=C1Oc2ccc(F)cc2N1Cc1cccc(O)c1. The molecule has 1 aliphatic heterocycles. The summed E-state index contributed by atoms with van der Waals surface area (Å²) < 4.78 is 18.8. The van der Waals surface area contributed by atoms with Gasteiger partial charge in [0.05, 0.1) is 12.2 Å². The molecule has 2 aromatic carbocycles. The minimum Gasteiger partial charge on any atom is -0.508 e. The number of phenolic OH excluding ortho intramolecular Hbond substituents is 1. The number of hydrogen-bond donors (Lipinski definition) is 1. The summed E-state index contributed by atoms with van der Waals surface area (Å²) in [7, 11) is 0. The van der Waals surface area contributed by atoms with Gasteiger partial charge in [-0.1, -0.05) is 12.1 Å². The van der Waals surface area contributed by atoms with E-state index >= 15 is 0 Å². The lowest BCUT2D eigenvalue weighted by atomic mass is 10.2. The van der Waals surface area contributed by atoms with E-state index in [4.69, 9.17) is 4.74 Å². The maximum atomic E-state index is 13.3. The van der Waals surface area contributed by atoms with Crippen LogP contribution in [-0.4, -0.2) is 5.11 Å². The van der Waals surface area contributed by atoms with Crippen LogP contribution in [0, 0.1) is 5.82 Å². The van der Waals surface area contributed by atoms with E-state index in [2.05, 4.69) is 6.58 Å². The molecule has 0 aliphatic carbocycles. The molecule has 3 nitrogen and oxygen atoms in total. The molecular weight excluding hydrogens is 245 g/mol. The van der Waals surface area contributed by atoms with E-state index < -0.39 is 0 Å². The summed E-state index contributed by atoms with van der Waals surface area (Å²) in [5, 5.41) is 9.46. The van der Waals surface area contributed by atoms with E-state index in [-0.39, 0.29) is 11.6 Å². The van der Waals surface area contributed by atoms with Crippen LogP contribution in [0.25, 0.3) is 0 Å². The van der Waals surface area contributed by atoms with Crippen molar-refractivity contribution in [1.29, 1.82) is 0 Å². The van der Waals surface area contributed by atoms with Crippen molar-refractivity contribution in [2.75, 3.05) is 4.90 Å².